The van der Waals surface area contributed by atoms with E-state index in [1.165, 1.54) is 16.2 Å². The highest BCUT2D eigenvalue weighted by Gasteiger charge is 2.29. The van der Waals surface area contributed by atoms with Gasteiger partial charge in [0.25, 0.3) is 0 Å². The van der Waals surface area contributed by atoms with Gasteiger partial charge in [-0.15, -0.1) is 11.3 Å². The Bertz CT molecular complexity index is 845. The maximum absolute atomic E-state index is 12.5. The predicted octanol–water partition coefficient (Wildman–Crippen LogP) is 4.11. The first-order valence-electron chi connectivity index (χ1n) is 9.51. The minimum absolute atomic E-state index is 0.105. The third-order valence-corrected chi connectivity index (χ3v) is 5.96. The lowest BCUT2D eigenvalue weighted by molar-refractivity contribution is -0.114. The topological polar surface area (TPSA) is 76.7 Å². The molecule has 1 aromatic heterocycles. The van der Waals surface area contributed by atoms with Crippen molar-refractivity contribution < 1.29 is 19.1 Å². The second-order valence-corrected chi connectivity index (χ2v) is 8.01. The van der Waals surface area contributed by atoms with Crippen LogP contribution in [0.1, 0.15) is 41.1 Å². The summed E-state index contributed by atoms with van der Waals surface area (Å²) in [6, 6.07) is 7.35. The molecule has 0 radical (unpaired) electrons. The Balaban J connectivity index is 1.71. The molecule has 7 heteroatoms. The van der Waals surface area contributed by atoms with E-state index in [2.05, 4.69) is 17.6 Å². The van der Waals surface area contributed by atoms with Crippen LogP contribution in [0.5, 0.6) is 5.75 Å². The van der Waals surface area contributed by atoms with E-state index in [-0.39, 0.29) is 18.4 Å². The summed E-state index contributed by atoms with van der Waals surface area (Å²) in [7, 11) is 1.61. The van der Waals surface area contributed by atoms with Crippen molar-refractivity contribution in [1.29, 1.82) is 0 Å². The molecule has 0 saturated carbocycles. The Labute approximate surface area is 169 Å². The normalized spacial score (nSPS) is 15.5. The number of rotatable bonds is 7. The molecule has 0 spiro atoms. The number of fused-ring (bicyclic) bond motifs is 1. The number of hydrogen-bond acceptors (Lipinski definition) is 6. The quantitative estimate of drug-likeness (QED) is 0.682. The third kappa shape index (κ3) is 4.65. The summed E-state index contributed by atoms with van der Waals surface area (Å²) in [5.74, 6) is 0.787. The van der Waals surface area contributed by atoms with Crippen molar-refractivity contribution in [1.82, 2.24) is 0 Å². The van der Waals surface area contributed by atoms with Gasteiger partial charge in [0.15, 0.2) is 0 Å². The number of ether oxygens (including phenoxy) is 2. The Kier molecular flexibility index (Phi) is 6.57. The van der Waals surface area contributed by atoms with Crippen LogP contribution < -0.4 is 15.4 Å². The van der Waals surface area contributed by atoms with E-state index >= 15 is 0 Å². The highest BCUT2D eigenvalue weighted by Crippen LogP contribution is 2.40. The van der Waals surface area contributed by atoms with Crippen LogP contribution in [0.3, 0.4) is 0 Å². The summed E-state index contributed by atoms with van der Waals surface area (Å²) < 4.78 is 10.4. The van der Waals surface area contributed by atoms with Crippen LogP contribution in [-0.4, -0.2) is 32.1 Å². The number of amides is 1. The van der Waals surface area contributed by atoms with E-state index < -0.39 is 0 Å². The monoisotopic (exact) mass is 402 g/mol. The first-order valence-corrected chi connectivity index (χ1v) is 10.3. The molecule has 2 N–H and O–H groups in total. The maximum Gasteiger partial charge on any atom is 0.341 e. The second-order valence-electron chi connectivity index (χ2n) is 6.91. The third-order valence-electron chi connectivity index (χ3n) is 4.79. The van der Waals surface area contributed by atoms with Gasteiger partial charge in [0, 0.05) is 10.6 Å². The first-order chi connectivity index (χ1) is 13.5. The summed E-state index contributed by atoms with van der Waals surface area (Å²) in [6.45, 7) is 4.42. The van der Waals surface area contributed by atoms with Gasteiger partial charge in [0.05, 0.1) is 25.8 Å². The predicted molar refractivity (Wildman–Crippen MR) is 112 cm³/mol. The molecule has 1 aromatic carbocycles. The largest absolute Gasteiger partial charge is 0.497 e. The Morgan fingerprint density at radius 3 is 2.68 bits per heavy atom. The van der Waals surface area contributed by atoms with Crippen molar-refractivity contribution in [3.8, 4) is 5.75 Å². The number of carbonyl (C=O) groups is 2. The smallest absolute Gasteiger partial charge is 0.341 e. The lowest BCUT2D eigenvalue weighted by atomic mass is 9.88. The average Bonchev–Trinajstić information content (AvgIpc) is 3.03. The fourth-order valence-corrected chi connectivity index (χ4v) is 4.74. The molecule has 0 aliphatic heterocycles. The minimum Gasteiger partial charge on any atom is -0.497 e. The molecular weight excluding hydrogens is 376 g/mol. The molecule has 1 aliphatic carbocycles. The summed E-state index contributed by atoms with van der Waals surface area (Å²) in [5, 5.41) is 6.58. The van der Waals surface area contributed by atoms with Crippen molar-refractivity contribution in [2.75, 3.05) is 30.9 Å². The molecule has 0 saturated heterocycles. The average molecular weight is 403 g/mol. The zero-order valence-corrected chi connectivity index (χ0v) is 17.3. The maximum atomic E-state index is 12.5. The van der Waals surface area contributed by atoms with Crippen LogP contribution in [0.25, 0.3) is 0 Å². The van der Waals surface area contributed by atoms with Crippen LogP contribution in [-0.2, 0) is 22.4 Å². The number of nitrogens with one attached hydrogen (secondary N) is 2. The van der Waals surface area contributed by atoms with Crippen LogP contribution in [0, 0.1) is 5.92 Å². The van der Waals surface area contributed by atoms with Gasteiger partial charge < -0.3 is 20.1 Å². The van der Waals surface area contributed by atoms with Crippen LogP contribution >= 0.6 is 11.3 Å². The highest BCUT2D eigenvalue weighted by molar-refractivity contribution is 7.17. The van der Waals surface area contributed by atoms with E-state index in [0.29, 0.717) is 23.1 Å². The molecule has 2 aromatic rings. The van der Waals surface area contributed by atoms with E-state index in [9.17, 15) is 9.59 Å². The van der Waals surface area contributed by atoms with E-state index in [1.54, 1.807) is 14.0 Å². The molecule has 3 rings (SSSR count). The summed E-state index contributed by atoms with van der Waals surface area (Å²) >= 11 is 1.50. The number of esters is 1. The fourth-order valence-electron chi connectivity index (χ4n) is 3.32. The molecule has 6 nitrogen and oxygen atoms in total. The van der Waals surface area contributed by atoms with E-state index in [0.717, 1.165) is 36.3 Å². The molecule has 1 heterocycles. The zero-order chi connectivity index (χ0) is 20.1. The standard InChI is InChI=1S/C21H26N2O4S/c1-4-27-21(25)19-16-10-5-13(2)11-17(16)28-20(19)23-18(24)12-22-14-6-8-15(26-3)9-7-14/h6-9,13,22H,4-5,10-12H2,1-3H3,(H,23,24)/t13-/m1/s1. The van der Waals surface area contributed by atoms with Gasteiger partial charge in [0.1, 0.15) is 10.8 Å². The lowest BCUT2D eigenvalue weighted by Crippen LogP contribution is -2.22. The summed E-state index contributed by atoms with van der Waals surface area (Å²) in [6.07, 6.45) is 2.83. The molecule has 0 unspecified atom stereocenters. The molecule has 0 fully saturated rings. The van der Waals surface area contributed by atoms with Gasteiger partial charge >= 0.3 is 5.97 Å². The van der Waals surface area contributed by atoms with Crippen LogP contribution in [0.15, 0.2) is 24.3 Å². The molecule has 1 amide bonds. The first kappa shape index (κ1) is 20.2. The van der Waals surface area contributed by atoms with Crippen molar-refractivity contribution in [2.24, 2.45) is 5.92 Å². The van der Waals surface area contributed by atoms with Crippen LogP contribution in [0.4, 0.5) is 10.7 Å². The number of benzene rings is 1. The number of methoxy groups -OCH3 is 1. The molecule has 0 bridgehead atoms. The van der Waals surface area contributed by atoms with Gasteiger partial charge in [0.2, 0.25) is 5.91 Å². The summed E-state index contributed by atoms with van der Waals surface area (Å²) in [4.78, 5) is 26.2. The van der Waals surface area contributed by atoms with Gasteiger partial charge in [-0.05, 0) is 61.9 Å². The SMILES string of the molecule is CCOC(=O)c1c(NC(=O)CNc2ccc(OC)cc2)sc2c1CC[C@@H](C)C2. The van der Waals surface area contributed by atoms with Crippen molar-refractivity contribution in [3.63, 3.8) is 0 Å². The Hall–Kier alpha value is -2.54. The van der Waals surface area contributed by atoms with Crippen molar-refractivity contribution >= 4 is 33.9 Å². The summed E-state index contributed by atoms with van der Waals surface area (Å²) in [5.41, 5.74) is 2.40. The van der Waals surface area contributed by atoms with Crippen molar-refractivity contribution in [3.05, 3.63) is 40.3 Å². The highest BCUT2D eigenvalue weighted by atomic mass is 32.1. The van der Waals surface area contributed by atoms with E-state index in [1.807, 2.05) is 24.3 Å². The number of anilines is 2. The lowest BCUT2D eigenvalue weighted by Gasteiger charge is -2.18. The van der Waals surface area contributed by atoms with E-state index in [4.69, 9.17) is 9.47 Å². The molecular formula is C21H26N2O4S. The Morgan fingerprint density at radius 2 is 2.00 bits per heavy atom. The molecule has 150 valence electrons. The minimum atomic E-state index is -0.354. The van der Waals surface area contributed by atoms with Gasteiger partial charge in [-0.2, -0.15) is 0 Å². The number of thiophene rings is 1. The zero-order valence-electron chi connectivity index (χ0n) is 16.5. The van der Waals surface area contributed by atoms with Gasteiger partial charge in [-0.3, -0.25) is 4.79 Å². The Morgan fingerprint density at radius 1 is 1.25 bits per heavy atom. The van der Waals surface area contributed by atoms with Crippen LogP contribution in [0.2, 0.25) is 0 Å². The van der Waals surface area contributed by atoms with Crippen molar-refractivity contribution in [2.45, 2.75) is 33.1 Å². The van der Waals surface area contributed by atoms with Gasteiger partial charge in [-0.25, -0.2) is 4.79 Å². The molecule has 28 heavy (non-hydrogen) atoms. The second kappa shape index (κ2) is 9.10. The fraction of sp³-hybridized carbons (Fsp3) is 0.429. The van der Waals surface area contributed by atoms with Gasteiger partial charge in [-0.1, -0.05) is 6.92 Å². The number of hydrogen-bond donors (Lipinski definition) is 2. The molecule has 1 atom stereocenters. The molecule has 1 aliphatic rings. The number of carbonyl (C=O) groups excluding carboxylic acids is 2.